The van der Waals surface area contributed by atoms with E-state index in [1.807, 2.05) is 0 Å². The molecule has 2 aliphatic rings. The zero-order valence-electron chi connectivity index (χ0n) is 10.1. The van der Waals surface area contributed by atoms with Gasteiger partial charge in [0.2, 0.25) is 0 Å². The van der Waals surface area contributed by atoms with Crippen LogP contribution in [0.3, 0.4) is 0 Å². The van der Waals surface area contributed by atoms with Crippen molar-refractivity contribution in [2.45, 2.75) is 58.5 Å². The molecule has 1 aliphatic heterocycles. The molecule has 0 radical (unpaired) electrons. The van der Waals surface area contributed by atoms with E-state index in [0.29, 0.717) is 11.6 Å². The molecule has 1 saturated carbocycles. The summed E-state index contributed by atoms with van der Waals surface area (Å²) in [5.41, 5.74) is 0.316. The van der Waals surface area contributed by atoms with Crippen LogP contribution in [0.15, 0.2) is 4.99 Å². The number of nitrogens with one attached hydrogen (secondary N) is 1. The van der Waals surface area contributed by atoms with Crippen LogP contribution in [0.4, 0.5) is 0 Å². The van der Waals surface area contributed by atoms with Gasteiger partial charge in [0, 0.05) is 18.2 Å². The van der Waals surface area contributed by atoms with E-state index in [9.17, 15) is 0 Å². The SMILES string of the molecule is CC1N=CC(C)(C2CCCCCC2)CN1. The van der Waals surface area contributed by atoms with Crippen molar-refractivity contribution in [3.05, 3.63) is 0 Å². The fourth-order valence-corrected chi connectivity index (χ4v) is 2.94. The van der Waals surface area contributed by atoms with Gasteiger partial charge in [0.25, 0.3) is 0 Å². The smallest absolute Gasteiger partial charge is 0.0962 e. The van der Waals surface area contributed by atoms with Gasteiger partial charge in [0.15, 0.2) is 0 Å². The Hall–Kier alpha value is -0.370. The van der Waals surface area contributed by atoms with Crippen molar-refractivity contribution < 1.29 is 0 Å². The van der Waals surface area contributed by atoms with E-state index >= 15 is 0 Å². The van der Waals surface area contributed by atoms with Crippen molar-refractivity contribution in [1.29, 1.82) is 0 Å². The minimum absolute atomic E-state index is 0.316. The van der Waals surface area contributed by atoms with Gasteiger partial charge < -0.3 is 0 Å². The van der Waals surface area contributed by atoms with Crippen LogP contribution in [-0.2, 0) is 0 Å². The Labute approximate surface area is 93.6 Å². The standard InChI is InChI=1S/C13H24N2/c1-11-14-9-13(2,10-15-11)12-7-5-3-4-6-8-12/h9,11-12,15H,3-8,10H2,1-2H3. The summed E-state index contributed by atoms with van der Waals surface area (Å²) in [6.45, 7) is 5.62. The Kier molecular flexibility index (Phi) is 3.45. The molecule has 1 heterocycles. The van der Waals surface area contributed by atoms with Crippen molar-refractivity contribution in [1.82, 2.24) is 5.32 Å². The first kappa shape index (κ1) is 11.1. The molecule has 0 aromatic heterocycles. The summed E-state index contributed by atoms with van der Waals surface area (Å²) in [5, 5.41) is 3.49. The molecule has 0 amide bonds. The van der Waals surface area contributed by atoms with Crippen molar-refractivity contribution in [2.75, 3.05) is 6.54 Å². The third kappa shape index (κ3) is 2.60. The summed E-state index contributed by atoms with van der Waals surface area (Å²) in [7, 11) is 0. The third-order valence-electron chi connectivity index (χ3n) is 4.16. The minimum Gasteiger partial charge on any atom is -0.295 e. The highest BCUT2D eigenvalue weighted by molar-refractivity contribution is 5.67. The molecular formula is C13H24N2. The first-order chi connectivity index (χ1) is 7.21. The van der Waals surface area contributed by atoms with Crippen LogP contribution < -0.4 is 5.32 Å². The van der Waals surface area contributed by atoms with Gasteiger partial charge in [-0.1, -0.05) is 32.6 Å². The largest absolute Gasteiger partial charge is 0.295 e. The summed E-state index contributed by atoms with van der Waals surface area (Å²) in [6.07, 6.45) is 11.1. The van der Waals surface area contributed by atoms with Crippen molar-refractivity contribution in [2.24, 2.45) is 16.3 Å². The van der Waals surface area contributed by atoms with E-state index in [0.717, 1.165) is 12.5 Å². The van der Waals surface area contributed by atoms with Gasteiger partial charge in [-0.15, -0.1) is 0 Å². The predicted octanol–water partition coefficient (Wildman–Crippen LogP) is 2.98. The topological polar surface area (TPSA) is 24.4 Å². The van der Waals surface area contributed by atoms with Crippen LogP contribution in [-0.4, -0.2) is 18.9 Å². The number of rotatable bonds is 1. The number of hydrogen-bond acceptors (Lipinski definition) is 2. The second-order valence-corrected chi connectivity index (χ2v) is 5.53. The molecule has 2 unspecified atom stereocenters. The number of aliphatic imine (C=N–C) groups is 1. The zero-order chi connectivity index (χ0) is 10.7. The predicted molar refractivity (Wildman–Crippen MR) is 65.3 cm³/mol. The van der Waals surface area contributed by atoms with E-state index in [1.54, 1.807) is 0 Å². The molecular weight excluding hydrogens is 184 g/mol. The zero-order valence-corrected chi connectivity index (χ0v) is 10.1. The van der Waals surface area contributed by atoms with Gasteiger partial charge >= 0.3 is 0 Å². The summed E-state index contributed by atoms with van der Waals surface area (Å²) in [4.78, 5) is 4.55. The lowest BCUT2D eigenvalue weighted by Gasteiger charge is -2.38. The molecule has 0 saturated heterocycles. The quantitative estimate of drug-likeness (QED) is 0.658. The fourth-order valence-electron chi connectivity index (χ4n) is 2.94. The first-order valence-electron chi connectivity index (χ1n) is 6.48. The first-order valence-corrected chi connectivity index (χ1v) is 6.48. The highest BCUT2D eigenvalue weighted by Crippen LogP contribution is 2.37. The van der Waals surface area contributed by atoms with E-state index in [4.69, 9.17) is 0 Å². The molecule has 15 heavy (non-hydrogen) atoms. The van der Waals surface area contributed by atoms with Crippen LogP contribution in [0, 0.1) is 11.3 Å². The number of hydrogen-bond donors (Lipinski definition) is 1. The lowest BCUT2D eigenvalue weighted by Crippen LogP contribution is -2.46. The van der Waals surface area contributed by atoms with Crippen LogP contribution in [0.5, 0.6) is 0 Å². The summed E-state index contributed by atoms with van der Waals surface area (Å²) >= 11 is 0. The lowest BCUT2D eigenvalue weighted by molar-refractivity contribution is 0.230. The highest BCUT2D eigenvalue weighted by atomic mass is 15.1. The maximum absolute atomic E-state index is 4.55. The molecule has 2 heteroatoms. The Morgan fingerprint density at radius 2 is 1.87 bits per heavy atom. The molecule has 2 rings (SSSR count). The van der Waals surface area contributed by atoms with Crippen LogP contribution in [0.2, 0.25) is 0 Å². The van der Waals surface area contributed by atoms with Crippen LogP contribution >= 0.6 is 0 Å². The lowest BCUT2D eigenvalue weighted by atomic mass is 9.73. The molecule has 1 N–H and O–H groups in total. The fraction of sp³-hybridized carbons (Fsp3) is 0.923. The van der Waals surface area contributed by atoms with Crippen molar-refractivity contribution in [3.8, 4) is 0 Å². The Morgan fingerprint density at radius 1 is 1.20 bits per heavy atom. The van der Waals surface area contributed by atoms with Gasteiger partial charge in [0.05, 0.1) is 6.17 Å². The van der Waals surface area contributed by atoms with Gasteiger partial charge in [0.1, 0.15) is 0 Å². The Bertz CT molecular complexity index is 229. The molecule has 86 valence electrons. The van der Waals surface area contributed by atoms with Gasteiger partial charge in [-0.05, 0) is 25.7 Å². The molecule has 0 aromatic carbocycles. The van der Waals surface area contributed by atoms with Gasteiger partial charge in [-0.3, -0.25) is 10.3 Å². The van der Waals surface area contributed by atoms with Crippen molar-refractivity contribution >= 4 is 6.21 Å². The van der Waals surface area contributed by atoms with E-state index in [1.165, 1.54) is 38.5 Å². The minimum atomic E-state index is 0.316. The molecule has 1 fully saturated rings. The molecule has 0 spiro atoms. The third-order valence-corrected chi connectivity index (χ3v) is 4.16. The van der Waals surface area contributed by atoms with Gasteiger partial charge in [-0.25, -0.2) is 0 Å². The van der Waals surface area contributed by atoms with Crippen molar-refractivity contribution in [3.63, 3.8) is 0 Å². The molecule has 0 bridgehead atoms. The summed E-state index contributed by atoms with van der Waals surface area (Å²) in [6, 6.07) is 0. The highest BCUT2D eigenvalue weighted by Gasteiger charge is 2.34. The Balaban J connectivity index is 2.03. The number of nitrogens with zero attached hydrogens (tertiary/aromatic N) is 1. The molecule has 2 nitrogen and oxygen atoms in total. The summed E-state index contributed by atoms with van der Waals surface area (Å²) < 4.78 is 0. The average Bonchev–Trinajstić information content (AvgIpc) is 2.51. The molecule has 2 atom stereocenters. The second kappa shape index (κ2) is 4.65. The average molecular weight is 208 g/mol. The van der Waals surface area contributed by atoms with E-state index in [2.05, 4.69) is 30.4 Å². The summed E-state index contributed by atoms with van der Waals surface area (Å²) in [5.74, 6) is 0.851. The maximum atomic E-state index is 4.55. The van der Waals surface area contributed by atoms with Crippen LogP contribution in [0.25, 0.3) is 0 Å². The van der Waals surface area contributed by atoms with E-state index < -0.39 is 0 Å². The van der Waals surface area contributed by atoms with Gasteiger partial charge in [-0.2, -0.15) is 0 Å². The van der Waals surface area contributed by atoms with E-state index in [-0.39, 0.29) is 0 Å². The second-order valence-electron chi connectivity index (χ2n) is 5.53. The molecule has 0 aromatic rings. The molecule has 1 aliphatic carbocycles. The monoisotopic (exact) mass is 208 g/mol. The normalized spacial score (nSPS) is 38.9. The maximum Gasteiger partial charge on any atom is 0.0962 e. The van der Waals surface area contributed by atoms with Crippen LogP contribution in [0.1, 0.15) is 52.4 Å². The Morgan fingerprint density at radius 3 is 2.40 bits per heavy atom.